The first-order chi connectivity index (χ1) is 11.5. The first kappa shape index (κ1) is 16.4. The van der Waals surface area contributed by atoms with Crippen LogP contribution in [-0.4, -0.2) is 28.0 Å². The molecule has 8 heteroatoms. The Morgan fingerprint density at radius 3 is 2.50 bits per heavy atom. The molecule has 0 atom stereocenters. The fraction of sp³-hybridized carbons (Fsp3) is 0.250. The zero-order valence-corrected chi connectivity index (χ0v) is 14.3. The summed E-state index contributed by atoms with van der Waals surface area (Å²) < 4.78 is 30.6. The summed E-state index contributed by atoms with van der Waals surface area (Å²) in [5.41, 5.74) is 1.79. The number of hydrogen-bond acceptors (Lipinski definition) is 4. The zero-order valence-electron chi connectivity index (χ0n) is 13.5. The lowest BCUT2D eigenvalue weighted by atomic mass is 10.2. The van der Waals surface area contributed by atoms with Crippen molar-refractivity contribution in [1.82, 2.24) is 24.3 Å². The monoisotopic (exact) mass is 345 g/mol. The number of benzene rings is 1. The third-order valence-electron chi connectivity index (χ3n) is 3.59. The quantitative estimate of drug-likeness (QED) is 0.742. The highest BCUT2D eigenvalue weighted by molar-refractivity contribution is 7.89. The Morgan fingerprint density at radius 1 is 1.17 bits per heavy atom. The zero-order chi connectivity index (χ0) is 17.2. The average molecular weight is 345 g/mol. The highest BCUT2D eigenvalue weighted by Gasteiger charge is 2.16. The number of rotatable bonds is 6. The van der Waals surface area contributed by atoms with E-state index in [1.807, 2.05) is 50.4 Å². The van der Waals surface area contributed by atoms with Crippen molar-refractivity contribution < 1.29 is 8.42 Å². The number of sulfonamides is 1. The minimum atomic E-state index is -3.58. The molecule has 0 spiro atoms. The van der Waals surface area contributed by atoms with Crippen LogP contribution in [0, 0.1) is 0 Å². The Bertz CT molecular complexity index is 896. The molecule has 0 unspecified atom stereocenters. The van der Waals surface area contributed by atoms with Gasteiger partial charge in [0.05, 0.1) is 11.9 Å². The normalized spacial score (nSPS) is 12.0. The van der Waals surface area contributed by atoms with Gasteiger partial charge in [-0.3, -0.25) is 4.68 Å². The van der Waals surface area contributed by atoms with Crippen LogP contribution >= 0.6 is 0 Å². The lowest BCUT2D eigenvalue weighted by Gasteiger charge is -2.07. The van der Waals surface area contributed by atoms with E-state index in [4.69, 9.17) is 0 Å². The molecule has 0 saturated heterocycles. The Hall–Kier alpha value is -2.45. The van der Waals surface area contributed by atoms with Crippen LogP contribution < -0.4 is 4.72 Å². The van der Waals surface area contributed by atoms with E-state index in [1.54, 1.807) is 15.6 Å². The number of aromatic nitrogens is 4. The predicted molar refractivity (Wildman–Crippen MR) is 90.2 cm³/mol. The fourth-order valence-electron chi connectivity index (χ4n) is 2.19. The van der Waals surface area contributed by atoms with Gasteiger partial charge in [-0.25, -0.2) is 17.8 Å². The average Bonchev–Trinajstić information content (AvgIpc) is 3.25. The molecule has 126 valence electrons. The standard InChI is InChI=1S/C16H19N5O2S/c1-13(2)21-12-16(11-18-21)24(22,23)19-10-14-4-6-15(7-5-14)20-9-3-8-17-20/h3-9,11-13,19H,10H2,1-2H3. The van der Waals surface area contributed by atoms with E-state index in [2.05, 4.69) is 14.9 Å². The molecule has 0 aliphatic heterocycles. The van der Waals surface area contributed by atoms with Crippen molar-refractivity contribution in [1.29, 1.82) is 0 Å². The number of hydrogen-bond donors (Lipinski definition) is 1. The molecule has 0 aliphatic carbocycles. The van der Waals surface area contributed by atoms with Crippen LogP contribution in [0.1, 0.15) is 25.5 Å². The molecule has 2 aromatic heterocycles. The van der Waals surface area contributed by atoms with Crippen LogP contribution in [-0.2, 0) is 16.6 Å². The highest BCUT2D eigenvalue weighted by Crippen LogP contribution is 2.13. The maximum Gasteiger partial charge on any atom is 0.243 e. The third kappa shape index (κ3) is 3.55. The van der Waals surface area contributed by atoms with Crippen LogP contribution in [0.15, 0.2) is 60.0 Å². The summed E-state index contributed by atoms with van der Waals surface area (Å²) in [6.07, 6.45) is 6.46. The van der Waals surface area contributed by atoms with E-state index in [1.165, 1.54) is 12.4 Å². The van der Waals surface area contributed by atoms with Crippen molar-refractivity contribution >= 4 is 10.0 Å². The van der Waals surface area contributed by atoms with Crippen molar-refractivity contribution in [3.05, 3.63) is 60.7 Å². The molecule has 7 nitrogen and oxygen atoms in total. The molecule has 1 aromatic carbocycles. The molecule has 0 amide bonds. The minimum absolute atomic E-state index is 0.115. The van der Waals surface area contributed by atoms with Gasteiger partial charge in [0, 0.05) is 31.2 Å². The second-order valence-electron chi connectivity index (χ2n) is 5.69. The maximum atomic E-state index is 12.3. The molecule has 3 rings (SSSR count). The molecule has 3 aromatic rings. The third-order valence-corrected chi connectivity index (χ3v) is 4.94. The maximum absolute atomic E-state index is 12.3. The van der Waals surface area contributed by atoms with Crippen LogP contribution in [0.4, 0.5) is 0 Å². The first-order valence-electron chi connectivity index (χ1n) is 7.58. The van der Waals surface area contributed by atoms with Crippen molar-refractivity contribution in [2.75, 3.05) is 0 Å². The van der Waals surface area contributed by atoms with E-state index >= 15 is 0 Å². The Morgan fingerprint density at radius 2 is 1.92 bits per heavy atom. The van der Waals surface area contributed by atoms with Crippen LogP contribution in [0.2, 0.25) is 0 Å². The van der Waals surface area contributed by atoms with Gasteiger partial charge in [-0.15, -0.1) is 0 Å². The van der Waals surface area contributed by atoms with Gasteiger partial charge >= 0.3 is 0 Å². The summed E-state index contributed by atoms with van der Waals surface area (Å²) in [4.78, 5) is 0.171. The molecule has 0 radical (unpaired) electrons. The Balaban J connectivity index is 1.68. The van der Waals surface area contributed by atoms with E-state index in [0.29, 0.717) is 0 Å². The van der Waals surface area contributed by atoms with Gasteiger partial charge in [-0.2, -0.15) is 10.2 Å². The largest absolute Gasteiger partial charge is 0.269 e. The molecule has 2 heterocycles. The van der Waals surface area contributed by atoms with Crippen molar-refractivity contribution in [3.8, 4) is 5.69 Å². The van der Waals surface area contributed by atoms with Gasteiger partial charge in [-0.05, 0) is 37.6 Å². The lowest BCUT2D eigenvalue weighted by Crippen LogP contribution is -2.22. The van der Waals surface area contributed by atoms with Crippen molar-refractivity contribution in [2.45, 2.75) is 31.3 Å². The van der Waals surface area contributed by atoms with Gasteiger partial charge < -0.3 is 0 Å². The minimum Gasteiger partial charge on any atom is -0.269 e. The number of nitrogens with zero attached hydrogens (tertiary/aromatic N) is 4. The van der Waals surface area contributed by atoms with E-state index < -0.39 is 10.0 Å². The fourth-order valence-corrected chi connectivity index (χ4v) is 3.15. The van der Waals surface area contributed by atoms with E-state index in [-0.39, 0.29) is 17.5 Å². The van der Waals surface area contributed by atoms with Crippen LogP contribution in [0.25, 0.3) is 5.69 Å². The molecular weight excluding hydrogens is 326 g/mol. The van der Waals surface area contributed by atoms with Crippen molar-refractivity contribution in [3.63, 3.8) is 0 Å². The Kier molecular flexibility index (Phi) is 4.50. The Labute approximate surface area is 141 Å². The van der Waals surface area contributed by atoms with Crippen LogP contribution in [0.5, 0.6) is 0 Å². The molecular formula is C16H19N5O2S. The summed E-state index contributed by atoms with van der Waals surface area (Å²) >= 11 is 0. The van der Waals surface area contributed by atoms with Gasteiger partial charge in [-0.1, -0.05) is 12.1 Å². The van der Waals surface area contributed by atoms with Gasteiger partial charge in [0.15, 0.2) is 0 Å². The second-order valence-corrected chi connectivity index (χ2v) is 7.46. The molecule has 1 N–H and O–H groups in total. The van der Waals surface area contributed by atoms with E-state index in [0.717, 1.165) is 11.3 Å². The summed E-state index contributed by atoms with van der Waals surface area (Å²) in [5, 5.41) is 8.22. The summed E-state index contributed by atoms with van der Waals surface area (Å²) in [7, 11) is -3.58. The van der Waals surface area contributed by atoms with Gasteiger partial charge in [0.1, 0.15) is 4.90 Å². The molecule has 0 saturated carbocycles. The first-order valence-corrected chi connectivity index (χ1v) is 9.07. The molecule has 0 fully saturated rings. The molecule has 0 bridgehead atoms. The van der Waals surface area contributed by atoms with E-state index in [9.17, 15) is 8.42 Å². The topological polar surface area (TPSA) is 81.8 Å². The summed E-state index contributed by atoms with van der Waals surface area (Å²) in [5.74, 6) is 0. The van der Waals surface area contributed by atoms with Crippen molar-refractivity contribution in [2.24, 2.45) is 0 Å². The molecule has 0 aliphatic rings. The molecule has 24 heavy (non-hydrogen) atoms. The number of nitrogens with one attached hydrogen (secondary N) is 1. The van der Waals surface area contributed by atoms with Gasteiger partial charge in [0.2, 0.25) is 10.0 Å². The summed E-state index contributed by atoms with van der Waals surface area (Å²) in [6, 6.07) is 9.50. The summed E-state index contributed by atoms with van der Waals surface area (Å²) in [6.45, 7) is 4.10. The second kappa shape index (κ2) is 6.58. The van der Waals surface area contributed by atoms with Gasteiger partial charge in [0.25, 0.3) is 0 Å². The lowest BCUT2D eigenvalue weighted by molar-refractivity contribution is 0.531. The highest BCUT2D eigenvalue weighted by atomic mass is 32.2. The van der Waals surface area contributed by atoms with Crippen LogP contribution in [0.3, 0.4) is 0 Å². The smallest absolute Gasteiger partial charge is 0.243 e. The predicted octanol–water partition coefficient (Wildman–Crippen LogP) is 2.13. The SMILES string of the molecule is CC(C)n1cc(S(=O)(=O)NCc2ccc(-n3cccn3)cc2)cn1.